The van der Waals surface area contributed by atoms with Crippen molar-refractivity contribution in [3.05, 3.63) is 35.4 Å². The molecule has 1 saturated heterocycles. The number of carbonyl (C=O) groups excluding carboxylic acids is 1. The monoisotopic (exact) mass is 342 g/mol. The van der Waals surface area contributed by atoms with Crippen LogP contribution in [0.25, 0.3) is 0 Å². The molecule has 1 heterocycles. The highest BCUT2D eigenvalue weighted by atomic mass is 19.4. The van der Waals surface area contributed by atoms with Crippen LogP contribution in [0.4, 0.5) is 13.2 Å². The molecule has 0 aromatic heterocycles. The Bertz CT molecular complexity index is 581. The van der Waals surface area contributed by atoms with Gasteiger partial charge in [-0.25, -0.2) is 0 Å². The SMILES string of the molecule is O=C(CNC(c1cccc(C(F)(F)F)c1)C1CC1)N1CCOCC1. The second-order valence-corrected chi connectivity index (χ2v) is 6.31. The lowest BCUT2D eigenvalue weighted by molar-refractivity contribution is -0.137. The minimum atomic E-state index is -4.35. The summed E-state index contributed by atoms with van der Waals surface area (Å²) >= 11 is 0. The predicted molar refractivity (Wildman–Crippen MR) is 82.3 cm³/mol. The minimum absolute atomic E-state index is 0.0316. The molecule has 2 aliphatic rings. The molecule has 0 spiro atoms. The van der Waals surface area contributed by atoms with Gasteiger partial charge in [0.1, 0.15) is 0 Å². The van der Waals surface area contributed by atoms with Gasteiger partial charge in [0.05, 0.1) is 25.3 Å². The van der Waals surface area contributed by atoms with Gasteiger partial charge in [0.15, 0.2) is 0 Å². The Balaban J connectivity index is 1.66. The fourth-order valence-electron chi connectivity index (χ4n) is 3.02. The number of carbonyl (C=O) groups is 1. The van der Waals surface area contributed by atoms with Crippen molar-refractivity contribution in [3.63, 3.8) is 0 Å². The van der Waals surface area contributed by atoms with E-state index in [0.29, 0.717) is 37.8 Å². The minimum Gasteiger partial charge on any atom is -0.378 e. The summed E-state index contributed by atoms with van der Waals surface area (Å²) in [4.78, 5) is 14.0. The summed E-state index contributed by atoms with van der Waals surface area (Å²) in [5.74, 6) is 0.266. The summed E-state index contributed by atoms with van der Waals surface area (Å²) in [5.41, 5.74) is -0.0472. The van der Waals surface area contributed by atoms with Crippen molar-refractivity contribution in [2.45, 2.75) is 25.1 Å². The van der Waals surface area contributed by atoms with Gasteiger partial charge in [-0.15, -0.1) is 0 Å². The summed E-state index contributed by atoms with van der Waals surface area (Å²) in [6.45, 7) is 2.34. The number of ether oxygens (including phenoxy) is 1. The number of benzene rings is 1. The molecule has 1 atom stereocenters. The molecule has 3 rings (SSSR count). The third-order valence-electron chi connectivity index (χ3n) is 4.50. The quantitative estimate of drug-likeness (QED) is 0.894. The van der Waals surface area contributed by atoms with Crippen molar-refractivity contribution >= 4 is 5.91 Å². The number of hydrogen-bond acceptors (Lipinski definition) is 3. The average Bonchev–Trinajstić information content (AvgIpc) is 3.40. The molecular weight excluding hydrogens is 321 g/mol. The van der Waals surface area contributed by atoms with Crippen LogP contribution in [0, 0.1) is 5.92 Å². The van der Waals surface area contributed by atoms with E-state index in [1.807, 2.05) is 0 Å². The molecule has 7 heteroatoms. The highest BCUT2D eigenvalue weighted by Gasteiger charge is 2.35. The van der Waals surface area contributed by atoms with Crippen LogP contribution in [0.15, 0.2) is 24.3 Å². The Kier molecular flexibility index (Phi) is 5.10. The standard InChI is InChI=1S/C17H21F3N2O2/c18-17(19,20)14-3-1-2-13(10-14)16(12-4-5-12)21-11-15(23)22-6-8-24-9-7-22/h1-3,10,12,16,21H,4-9,11H2. The van der Waals surface area contributed by atoms with E-state index in [1.165, 1.54) is 12.1 Å². The molecular formula is C17H21F3N2O2. The topological polar surface area (TPSA) is 41.6 Å². The van der Waals surface area contributed by atoms with Crippen LogP contribution >= 0.6 is 0 Å². The first kappa shape index (κ1) is 17.2. The Hall–Kier alpha value is -1.60. The zero-order chi connectivity index (χ0) is 17.2. The van der Waals surface area contributed by atoms with Gasteiger partial charge >= 0.3 is 6.18 Å². The highest BCUT2D eigenvalue weighted by molar-refractivity contribution is 5.78. The van der Waals surface area contributed by atoms with Crippen LogP contribution in [0.3, 0.4) is 0 Å². The third-order valence-corrected chi connectivity index (χ3v) is 4.50. The van der Waals surface area contributed by atoms with E-state index >= 15 is 0 Å². The van der Waals surface area contributed by atoms with E-state index in [1.54, 1.807) is 11.0 Å². The van der Waals surface area contributed by atoms with Gasteiger partial charge in [-0.05, 0) is 36.5 Å². The van der Waals surface area contributed by atoms with E-state index in [2.05, 4.69) is 5.32 Å². The molecule has 2 fully saturated rings. The first-order valence-electron chi connectivity index (χ1n) is 8.21. The summed E-state index contributed by atoms with van der Waals surface area (Å²) in [5, 5.41) is 3.17. The second kappa shape index (κ2) is 7.11. The molecule has 4 nitrogen and oxygen atoms in total. The van der Waals surface area contributed by atoms with Crippen LogP contribution in [0.2, 0.25) is 0 Å². The van der Waals surface area contributed by atoms with Crippen molar-refractivity contribution in [3.8, 4) is 0 Å². The van der Waals surface area contributed by atoms with Crippen LogP contribution in [-0.2, 0) is 15.7 Å². The van der Waals surface area contributed by atoms with Crippen molar-refractivity contribution in [2.75, 3.05) is 32.8 Å². The van der Waals surface area contributed by atoms with Crippen molar-refractivity contribution in [1.82, 2.24) is 10.2 Å². The van der Waals surface area contributed by atoms with Crippen LogP contribution in [0.5, 0.6) is 0 Å². The third kappa shape index (κ3) is 4.27. The zero-order valence-corrected chi connectivity index (χ0v) is 13.3. The van der Waals surface area contributed by atoms with Crippen LogP contribution in [-0.4, -0.2) is 43.7 Å². The number of morpholine rings is 1. The van der Waals surface area contributed by atoms with E-state index in [9.17, 15) is 18.0 Å². The summed E-state index contributed by atoms with van der Waals surface area (Å²) in [6, 6.07) is 5.18. The van der Waals surface area contributed by atoms with Gasteiger partial charge in [-0.3, -0.25) is 4.79 Å². The summed E-state index contributed by atoms with van der Waals surface area (Å²) in [6.07, 6.45) is -2.41. The Morgan fingerprint density at radius 3 is 2.62 bits per heavy atom. The lowest BCUT2D eigenvalue weighted by Crippen LogP contribution is -2.45. The Morgan fingerprint density at radius 1 is 1.29 bits per heavy atom. The number of amides is 1. The average molecular weight is 342 g/mol. The van der Waals surface area contributed by atoms with Gasteiger partial charge in [0.2, 0.25) is 5.91 Å². The lowest BCUT2D eigenvalue weighted by atomic mass is 10.00. The largest absolute Gasteiger partial charge is 0.416 e. The smallest absolute Gasteiger partial charge is 0.378 e. The maximum absolute atomic E-state index is 12.9. The lowest BCUT2D eigenvalue weighted by Gasteiger charge is -2.28. The highest BCUT2D eigenvalue weighted by Crippen LogP contribution is 2.42. The van der Waals surface area contributed by atoms with E-state index in [-0.39, 0.29) is 18.5 Å². The van der Waals surface area contributed by atoms with Crippen LogP contribution in [0.1, 0.15) is 30.0 Å². The second-order valence-electron chi connectivity index (χ2n) is 6.31. The molecule has 1 unspecified atom stereocenters. The zero-order valence-electron chi connectivity index (χ0n) is 13.3. The molecule has 1 aliphatic heterocycles. The van der Waals surface area contributed by atoms with E-state index < -0.39 is 11.7 Å². The molecule has 1 saturated carbocycles. The van der Waals surface area contributed by atoms with Gasteiger partial charge in [-0.1, -0.05) is 12.1 Å². The molecule has 1 aromatic rings. The van der Waals surface area contributed by atoms with Crippen molar-refractivity contribution in [2.24, 2.45) is 5.92 Å². The van der Waals surface area contributed by atoms with Gasteiger partial charge < -0.3 is 15.0 Å². The first-order chi connectivity index (χ1) is 11.4. The van der Waals surface area contributed by atoms with Gasteiger partial charge in [0.25, 0.3) is 0 Å². The van der Waals surface area contributed by atoms with E-state index in [4.69, 9.17) is 4.74 Å². The molecule has 0 radical (unpaired) electrons. The Labute approximate surface area is 139 Å². The Morgan fingerprint density at radius 2 is 2.00 bits per heavy atom. The van der Waals surface area contributed by atoms with Crippen molar-refractivity contribution in [1.29, 1.82) is 0 Å². The van der Waals surface area contributed by atoms with Crippen LogP contribution < -0.4 is 5.32 Å². The van der Waals surface area contributed by atoms with Gasteiger partial charge in [0, 0.05) is 19.1 Å². The fourth-order valence-corrected chi connectivity index (χ4v) is 3.02. The number of hydrogen-bond donors (Lipinski definition) is 1. The molecule has 1 aromatic carbocycles. The van der Waals surface area contributed by atoms with Gasteiger partial charge in [-0.2, -0.15) is 13.2 Å². The maximum Gasteiger partial charge on any atom is 0.416 e. The molecule has 1 N–H and O–H groups in total. The summed E-state index contributed by atoms with van der Waals surface area (Å²) < 4.78 is 44.0. The summed E-state index contributed by atoms with van der Waals surface area (Å²) in [7, 11) is 0. The predicted octanol–water partition coefficient (Wildman–Crippen LogP) is 2.60. The number of nitrogens with one attached hydrogen (secondary N) is 1. The maximum atomic E-state index is 12.9. The normalized spacial score (nSPS) is 20.0. The molecule has 1 amide bonds. The number of rotatable bonds is 5. The first-order valence-corrected chi connectivity index (χ1v) is 8.21. The number of halogens is 3. The number of nitrogens with zero attached hydrogens (tertiary/aromatic N) is 1. The fraction of sp³-hybridized carbons (Fsp3) is 0.588. The molecule has 0 bridgehead atoms. The molecule has 24 heavy (non-hydrogen) atoms. The molecule has 132 valence electrons. The molecule has 1 aliphatic carbocycles. The number of alkyl halides is 3. The van der Waals surface area contributed by atoms with E-state index in [0.717, 1.165) is 18.9 Å². The van der Waals surface area contributed by atoms with Crippen molar-refractivity contribution < 1.29 is 22.7 Å².